The minimum Gasteiger partial charge on any atom is -0.756 e. The summed E-state index contributed by atoms with van der Waals surface area (Å²) in [6, 6.07) is 0. The maximum Gasteiger partial charge on any atom is 0.268 e. The topological polar surface area (TPSA) is 67.8 Å². The molecule has 0 spiro atoms. The molecule has 0 aromatic carbocycles. The first kappa shape index (κ1) is 21.1. The van der Waals surface area contributed by atoms with Gasteiger partial charge in [0, 0.05) is 0 Å². The summed E-state index contributed by atoms with van der Waals surface area (Å²) in [5.74, 6) is 0. The van der Waals surface area contributed by atoms with Gasteiger partial charge in [0.05, 0.1) is 26.9 Å². The number of quaternary nitrogens is 1. The smallest absolute Gasteiger partial charge is 0.268 e. The van der Waals surface area contributed by atoms with Crippen LogP contribution in [0.5, 0.6) is 0 Å². The van der Waals surface area contributed by atoms with Crippen LogP contribution in [-0.4, -0.2) is 57.6 Å². The first-order chi connectivity index (χ1) is 12.0. The molecule has 25 heavy (non-hydrogen) atoms. The zero-order valence-corrected chi connectivity index (χ0v) is 16.5. The molecule has 1 heterocycles. The quantitative estimate of drug-likeness (QED) is 0.254. The summed E-state index contributed by atoms with van der Waals surface area (Å²) in [4.78, 5) is 11.8. The third kappa shape index (κ3) is 8.80. The van der Waals surface area contributed by atoms with Crippen LogP contribution >= 0.6 is 7.82 Å². The SMILES string of the molecule is C[N+]1(CCOP(=O)([O-])OCCCCC=C2CCCCC2)CCOCC1. The molecular formula is C18H34NO5P. The van der Waals surface area contributed by atoms with Gasteiger partial charge in [0.25, 0.3) is 7.82 Å². The van der Waals surface area contributed by atoms with Gasteiger partial charge < -0.3 is 23.2 Å². The lowest BCUT2D eigenvalue weighted by Gasteiger charge is -2.37. The number of ether oxygens (including phenoxy) is 1. The highest BCUT2D eigenvalue weighted by Gasteiger charge is 2.25. The maximum atomic E-state index is 11.8. The monoisotopic (exact) mass is 375 g/mol. The number of unbranched alkanes of at least 4 members (excludes halogenated alkanes) is 2. The normalized spacial score (nSPS) is 23.2. The van der Waals surface area contributed by atoms with Gasteiger partial charge >= 0.3 is 0 Å². The minimum absolute atomic E-state index is 0.170. The van der Waals surface area contributed by atoms with Crippen LogP contribution in [0.2, 0.25) is 0 Å². The molecule has 2 rings (SSSR count). The van der Waals surface area contributed by atoms with Gasteiger partial charge in [-0.2, -0.15) is 0 Å². The Kier molecular flexibility index (Phi) is 9.11. The fourth-order valence-corrected chi connectivity index (χ4v) is 4.09. The zero-order chi connectivity index (χ0) is 18.0. The van der Waals surface area contributed by atoms with E-state index in [0.717, 1.165) is 50.0 Å². The summed E-state index contributed by atoms with van der Waals surface area (Å²) in [5, 5.41) is 0. The highest BCUT2D eigenvalue weighted by Crippen LogP contribution is 2.38. The Hall–Kier alpha value is -0.230. The van der Waals surface area contributed by atoms with Crippen LogP contribution in [0.25, 0.3) is 0 Å². The number of phosphoric acid groups is 1. The molecule has 0 aromatic rings. The summed E-state index contributed by atoms with van der Waals surface area (Å²) < 4.78 is 27.9. The largest absolute Gasteiger partial charge is 0.756 e. The maximum absolute atomic E-state index is 11.8. The fraction of sp³-hybridized carbons (Fsp3) is 0.889. The van der Waals surface area contributed by atoms with Crippen molar-refractivity contribution >= 4 is 7.82 Å². The molecule has 1 atom stereocenters. The van der Waals surface area contributed by atoms with Crippen LogP contribution in [0.1, 0.15) is 51.4 Å². The Balaban J connectivity index is 1.52. The number of allylic oxidation sites excluding steroid dienone is 2. The zero-order valence-electron chi connectivity index (χ0n) is 15.6. The van der Waals surface area contributed by atoms with Crippen molar-refractivity contribution in [3.8, 4) is 0 Å². The molecule has 0 amide bonds. The molecule has 146 valence electrons. The minimum atomic E-state index is -4.17. The van der Waals surface area contributed by atoms with E-state index in [1.807, 2.05) is 0 Å². The van der Waals surface area contributed by atoms with Gasteiger partial charge in [-0.05, 0) is 44.9 Å². The first-order valence-electron chi connectivity index (χ1n) is 9.68. The number of phosphoric ester groups is 1. The number of rotatable bonds is 10. The summed E-state index contributed by atoms with van der Waals surface area (Å²) in [7, 11) is -2.07. The van der Waals surface area contributed by atoms with Crippen LogP contribution in [0.4, 0.5) is 0 Å². The number of morpholine rings is 1. The number of likely N-dealkylation sites (N-methyl/N-ethyl adjacent to an activating group) is 1. The van der Waals surface area contributed by atoms with Gasteiger partial charge in [0.1, 0.15) is 26.2 Å². The second-order valence-electron chi connectivity index (χ2n) is 7.44. The average molecular weight is 375 g/mol. The number of hydrogen-bond acceptors (Lipinski definition) is 5. The van der Waals surface area contributed by atoms with E-state index in [4.69, 9.17) is 13.8 Å². The Morgan fingerprint density at radius 3 is 2.52 bits per heavy atom. The lowest BCUT2D eigenvalue weighted by Crippen LogP contribution is -2.53. The lowest BCUT2D eigenvalue weighted by atomic mass is 9.94. The summed E-state index contributed by atoms with van der Waals surface area (Å²) in [6.45, 7) is 4.27. The third-order valence-corrected chi connectivity index (χ3v) is 6.21. The van der Waals surface area contributed by atoms with Gasteiger partial charge in [-0.3, -0.25) is 4.57 Å². The highest BCUT2D eigenvalue weighted by molar-refractivity contribution is 7.45. The summed E-state index contributed by atoms with van der Waals surface area (Å²) >= 11 is 0. The molecule has 1 saturated heterocycles. The van der Waals surface area contributed by atoms with Crippen molar-refractivity contribution in [2.45, 2.75) is 51.4 Å². The molecule has 1 aliphatic heterocycles. The summed E-state index contributed by atoms with van der Waals surface area (Å²) in [5.41, 5.74) is 1.57. The Labute approximate surface area is 152 Å². The van der Waals surface area contributed by atoms with Crippen molar-refractivity contribution in [2.24, 2.45) is 0 Å². The van der Waals surface area contributed by atoms with E-state index in [2.05, 4.69) is 13.1 Å². The predicted molar refractivity (Wildman–Crippen MR) is 96.1 cm³/mol. The van der Waals surface area contributed by atoms with Crippen molar-refractivity contribution < 1.29 is 27.7 Å². The first-order valence-corrected chi connectivity index (χ1v) is 11.1. The van der Waals surface area contributed by atoms with Gasteiger partial charge in [0.2, 0.25) is 0 Å². The fourth-order valence-electron chi connectivity index (χ4n) is 3.36. The molecule has 6 nitrogen and oxygen atoms in total. The Morgan fingerprint density at radius 2 is 1.80 bits per heavy atom. The van der Waals surface area contributed by atoms with E-state index < -0.39 is 7.82 Å². The standard InChI is InChI=1S/C18H34NO5P/c1-19(11-15-22-16-12-19)13-17-24-25(20,21)23-14-7-3-6-10-18-8-4-2-5-9-18/h10H,2-9,11-17H2,1H3. The highest BCUT2D eigenvalue weighted by atomic mass is 31.2. The van der Waals surface area contributed by atoms with Crippen molar-refractivity contribution in [2.75, 3.05) is 53.1 Å². The molecule has 1 unspecified atom stereocenters. The Bertz CT molecular complexity index is 454. The van der Waals surface area contributed by atoms with E-state index in [9.17, 15) is 9.46 Å². The summed E-state index contributed by atoms with van der Waals surface area (Å²) in [6.07, 6.45) is 11.5. The van der Waals surface area contributed by atoms with E-state index in [1.54, 1.807) is 5.57 Å². The molecule has 0 N–H and O–H groups in total. The molecule has 0 aromatic heterocycles. The molecule has 0 radical (unpaired) electrons. The number of hydrogen-bond donors (Lipinski definition) is 0. The van der Waals surface area contributed by atoms with Crippen LogP contribution < -0.4 is 4.89 Å². The lowest BCUT2D eigenvalue weighted by molar-refractivity contribution is -0.916. The van der Waals surface area contributed by atoms with E-state index in [0.29, 0.717) is 6.54 Å². The van der Waals surface area contributed by atoms with E-state index in [-0.39, 0.29) is 13.2 Å². The third-order valence-electron chi connectivity index (χ3n) is 5.21. The van der Waals surface area contributed by atoms with Gasteiger partial charge in [-0.1, -0.05) is 18.1 Å². The molecule has 0 bridgehead atoms. The molecule has 1 saturated carbocycles. The molecule has 7 heteroatoms. The average Bonchev–Trinajstić information content (AvgIpc) is 2.59. The van der Waals surface area contributed by atoms with Crippen molar-refractivity contribution in [3.63, 3.8) is 0 Å². The van der Waals surface area contributed by atoms with Crippen LogP contribution in [-0.2, 0) is 18.3 Å². The van der Waals surface area contributed by atoms with Crippen LogP contribution in [0.3, 0.4) is 0 Å². The van der Waals surface area contributed by atoms with Crippen LogP contribution in [0, 0.1) is 0 Å². The molecule has 2 fully saturated rings. The van der Waals surface area contributed by atoms with Crippen LogP contribution in [0.15, 0.2) is 11.6 Å². The van der Waals surface area contributed by atoms with E-state index >= 15 is 0 Å². The second kappa shape index (κ2) is 10.8. The van der Waals surface area contributed by atoms with Crippen molar-refractivity contribution in [1.82, 2.24) is 0 Å². The molecule has 2 aliphatic rings. The number of nitrogens with zero attached hydrogens (tertiary/aromatic N) is 1. The van der Waals surface area contributed by atoms with Gasteiger partial charge in [0.15, 0.2) is 0 Å². The predicted octanol–water partition coefficient (Wildman–Crippen LogP) is 3.03. The van der Waals surface area contributed by atoms with Gasteiger partial charge in [-0.15, -0.1) is 0 Å². The van der Waals surface area contributed by atoms with Gasteiger partial charge in [-0.25, -0.2) is 0 Å². The Morgan fingerprint density at radius 1 is 1.12 bits per heavy atom. The second-order valence-corrected chi connectivity index (χ2v) is 8.85. The van der Waals surface area contributed by atoms with Crippen molar-refractivity contribution in [1.29, 1.82) is 0 Å². The molecular weight excluding hydrogens is 341 g/mol. The van der Waals surface area contributed by atoms with E-state index in [1.165, 1.54) is 32.1 Å². The van der Waals surface area contributed by atoms with Crippen molar-refractivity contribution in [3.05, 3.63) is 11.6 Å². The molecule has 1 aliphatic carbocycles.